The fraction of sp³-hybridized carbons (Fsp3) is 0.125. The van der Waals surface area contributed by atoms with Gasteiger partial charge in [-0.3, -0.25) is 9.59 Å². The van der Waals surface area contributed by atoms with Crippen molar-refractivity contribution in [1.82, 2.24) is 0 Å². The van der Waals surface area contributed by atoms with Crippen molar-refractivity contribution < 1.29 is 14.7 Å². The van der Waals surface area contributed by atoms with Crippen LogP contribution in [0.15, 0.2) is 42.5 Å². The van der Waals surface area contributed by atoms with Gasteiger partial charge in [-0.25, -0.2) is 0 Å². The van der Waals surface area contributed by atoms with Gasteiger partial charge < -0.3 is 16.6 Å². The quantitative estimate of drug-likeness (QED) is 0.774. The van der Waals surface area contributed by atoms with Crippen LogP contribution in [-0.4, -0.2) is 17.0 Å². The maximum Gasteiger partial charge on any atom is 0.307 e. The van der Waals surface area contributed by atoms with E-state index in [4.69, 9.17) is 16.6 Å². The van der Waals surface area contributed by atoms with Crippen LogP contribution in [0.3, 0.4) is 0 Å². The Morgan fingerprint density at radius 2 is 1.71 bits per heavy atom. The molecule has 0 saturated heterocycles. The van der Waals surface area contributed by atoms with Crippen LogP contribution in [-0.2, 0) is 17.8 Å². The van der Waals surface area contributed by atoms with Crippen molar-refractivity contribution in [2.75, 3.05) is 0 Å². The number of carbonyl (C=O) groups is 2. The van der Waals surface area contributed by atoms with E-state index in [9.17, 15) is 9.59 Å². The van der Waals surface area contributed by atoms with E-state index in [-0.39, 0.29) is 6.42 Å². The smallest absolute Gasteiger partial charge is 0.307 e. The van der Waals surface area contributed by atoms with E-state index in [2.05, 4.69) is 0 Å². The fourth-order valence-electron chi connectivity index (χ4n) is 2.14. The maximum absolute atomic E-state index is 11.3. The molecule has 0 bridgehead atoms. The van der Waals surface area contributed by atoms with Gasteiger partial charge in [-0.05, 0) is 34.4 Å². The lowest BCUT2D eigenvalue weighted by atomic mass is 9.94. The van der Waals surface area contributed by atoms with Gasteiger partial charge in [0.05, 0.1) is 6.42 Å². The minimum atomic E-state index is -0.929. The largest absolute Gasteiger partial charge is 0.481 e. The van der Waals surface area contributed by atoms with Gasteiger partial charge in [-0.15, -0.1) is 0 Å². The van der Waals surface area contributed by atoms with Crippen molar-refractivity contribution in [3.8, 4) is 11.1 Å². The van der Waals surface area contributed by atoms with Gasteiger partial charge in [-0.2, -0.15) is 0 Å². The van der Waals surface area contributed by atoms with Crippen molar-refractivity contribution in [3.05, 3.63) is 59.2 Å². The molecule has 21 heavy (non-hydrogen) atoms. The number of hydrogen-bond donors (Lipinski definition) is 3. The van der Waals surface area contributed by atoms with Gasteiger partial charge in [0.25, 0.3) is 0 Å². The molecular weight excluding hydrogens is 268 g/mol. The Balaban J connectivity index is 2.52. The highest BCUT2D eigenvalue weighted by Gasteiger charge is 2.12. The van der Waals surface area contributed by atoms with Crippen LogP contribution in [0.5, 0.6) is 0 Å². The lowest BCUT2D eigenvalue weighted by molar-refractivity contribution is -0.136. The third kappa shape index (κ3) is 3.46. The molecule has 1 amide bonds. The zero-order chi connectivity index (χ0) is 15.4. The van der Waals surface area contributed by atoms with Crippen molar-refractivity contribution in [3.63, 3.8) is 0 Å². The first-order valence-electron chi connectivity index (χ1n) is 6.45. The van der Waals surface area contributed by atoms with Gasteiger partial charge in [0.1, 0.15) is 0 Å². The van der Waals surface area contributed by atoms with Gasteiger partial charge in [0.2, 0.25) is 5.91 Å². The summed E-state index contributed by atoms with van der Waals surface area (Å²) in [5.41, 5.74) is 14.3. The highest BCUT2D eigenvalue weighted by Crippen LogP contribution is 2.26. The third-order valence-corrected chi connectivity index (χ3v) is 3.24. The average molecular weight is 284 g/mol. The van der Waals surface area contributed by atoms with E-state index in [1.165, 1.54) is 0 Å². The van der Waals surface area contributed by atoms with Crippen molar-refractivity contribution in [1.29, 1.82) is 0 Å². The zero-order valence-corrected chi connectivity index (χ0v) is 11.4. The highest BCUT2D eigenvalue weighted by molar-refractivity contribution is 5.94. The fourth-order valence-corrected chi connectivity index (χ4v) is 2.14. The highest BCUT2D eigenvalue weighted by atomic mass is 16.4. The monoisotopic (exact) mass is 284 g/mol. The summed E-state index contributed by atoms with van der Waals surface area (Å²) in [5.74, 6) is -1.47. The molecule has 0 atom stereocenters. The molecule has 0 aliphatic rings. The number of carbonyl (C=O) groups excluding carboxylic acids is 1. The molecule has 0 heterocycles. The van der Waals surface area contributed by atoms with Crippen LogP contribution in [0, 0.1) is 0 Å². The van der Waals surface area contributed by atoms with E-state index in [0.29, 0.717) is 23.2 Å². The molecule has 0 spiro atoms. The van der Waals surface area contributed by atoms with Crippen LogP contribution in [0.4, 0.5) is 0 Å². The molecule has 0 aliphatic heterocycles. The summed E-state index contributed by atoms with van der Waals surface area (Å²) in [5, 5.41) is 8.99. The van der Waals surface area contributed by atoms with Crippen molar-refractivity contribution in [2.45, 2.75) is 13.0 Å². The molecule has 108 valence electrons. The second-order valence-electron chi connectivity index (χ2n) is 4.71. The molecule has 2 aromatic rings. The summed E-state index contributed by atoms with van der Waals surface area (Å²) in [6.07, 6.45) is -0.118. The lowest BCUT2D eigenvalue weighted by Crippen LogP contribution is -2.12. The minimum absolute atomic E-state index is 0.118. The molecule has 0 fully saturated rings. The number of carboxylic acids is 1. The summed E-state index contributed by atoms with van der Waals surface area (Å²) in [7, 11) is 0. The van der Waals surface area contributed by atoms with Crippen LogP contribution in [0.25, 0.3) is 11.1 Å². The second kappa shape index (κ2) is 6.19. The Kier molecular flexibility index (Phi) is 4.35. The van der Waals surface area contributed by atoms with E-state index >= 15 is 0 Å². The molecular formula is C16H16N2O3. The summed E-state index contributed by atoms with van der Waals surface area (Å²) < 4.78 is 0. The molecule has 0 aliphatic carbocycles. The van der Waals surface area contributed by atoms with Crippen molar-refractivity contribution >= 4 is 11.9 Å². The Bertz CT molecular complexity index is 678. The molecule has 0 unspecified atom stereocenters. The number of aliphatic carboxylic acids is 1. The van der Waals surface area contributed by atoms with Crippen LogP contribution in [0.1, 0.15) is 21.5 Å². The number of amides is 1. The number of carboxylic acid groups (broad SMARTS) is 1. The summed E-state index contributed by atoms with van der Waals surface area (Å²) in [6, 6.07) is 12.2. The van der Waals surface area contributed by atoms with E-state index in [1.54, 1.807) is 18.2 Å². The first-order valence-corrected chi connectivity index (χ1v) is 6.45. The van der Waals surface area contributed by atoms with E-state index in [1.807, 2.05) is 24.3 Å². The normalized spacial score (nSPS) is 10.3. The number of nitrogens with two attached hydrogens (primary N) is 2. The van der Waals surface area contributed by atoms with Crippen LogP contribution < -0.4 is 11.5 Å². The van der Waals surface area contributed by atoms with Gasteiger partial charge in [0.15, 0.2) is 0 Å². The molecule has 2 aromatic carbocycles. The first-order chi connectivity index (χ1) is 10.0. The Morgan fingerprint density at radius 1 is 1.05 bits per heavy atom. The third-order valence-electron chi connectivity index (χ3n) is 3.24. The summed E-state index contributed by atoms with van der Waals surface area (Å²) in [6.45, 7) is 0.434. The molecule has 5 nitrogen and oxygen atoms in total. The maximum atomic E-state index is 11.3. The van der Waals surface area contributed by atoms with Gasteiger partial charge in [-0.1, -0.05) is 30.3 Å². The molecule has 0 aromatic heterocycles. The standard InChI is InChI=1S/C16H16N2O3/c17-9-10-1-3-11(4-2-10)14-7-13(16(18)21)6-5-12(14)8-15(19)20/h1-7H,8-9,17H2,(H2,18,21)(H,19,20). The predicted octanol–water partition coefficient (Wildman–Crippen LogP) is 1.54. The number of rotatable bonds is 5. The Hall–Kier alpha value is -2.66. The Morgan fingerprint density at radius 3 is 2.24 bits per heavy atom. The topological polar surface area (TPSA) is 106 Å². The molecule has 2 rings (SSSR count). The van der Waals surface area contributed by atoms with Gasteiger partial charge >= 0.3 is 5.97 Å². The number of primary amides is 1. The van der Waals surface area contributed by atoms with Crippen LogP contribution >= 0.6 is 0 Å². The van der Waals surface area contributed by atoms with Crippen LogP contribution in [0.2, 0.25) is 0 Å². The second-order valence-corrected chi connectivity index (χ2v) is 4.71. The predicted molar refractivity (Wildman–Crippen MR) is 79.6 cm³/mol. The molecule has 5 heteroatoms. The Labute approximate surface area is 122 Å². The minimum Gasteiger partial charge on any atom is -0.481 e. The van der Waals surface area contributed by atoms with E-state index in [0.717, 1.165) is 11.1 Å². The van der Waals surface area contributed by atoms with E-state index < -0.39 is 11.9 Å². The average Bonchev–Trinajstić information content (AvgIpc) is 2.47. The number of hydrogen-bond acceptors (Lipinski definition) is 3. The van der Waals surface area contributed by atoms with Crippen molar-refractivity contribution in [2.24, 2.45) is 11.5 Å². The van der Waals surface area contributed by atoms with Gasteiger partial charge in [0, 0.05) is 12.1 Å². The summed E-state index contributed by atoms with van der Waals surface area (Å²) in [4.78, 5) is 22.3. The first kappa shape index (κ1) is 14.7. The summed E-state index contributed by atoms with van der Waals surface area (Å²) >= 11 is 0. The SMILES string of the molecule is NCc1ccc(-c2cc(C(N)=O)ccc2CC(=O)O)cc1. The zero-order valence-electron chi connectivity index (χ0n) is 11.4. The molecule has 5 N–H and O–H groups in total. The molecule has 0 saturated carbocycles. The molecule has 0 radical (unpaired) electrons. The lowest BCUT2D eigenvalue weighted by Gasteiger charge is -2.10. The number of benzene rings is 2.